The van der Waals surface area contributed by atoms with Gasteiger partial charge in [0.05, 0.1) is 10.8 Å². The third-order valence-corrected chi connectivity index (χ3v) is 7.23. The first-order chi connectivity index (χ1) is 16.1. The van der Waals surface area contributed by atoms with Crippen molar-refractivity contribution in [1.82, 2.24) is 39.3 Å². The number of pyridine rings is 1. The van der Waals surface area contributed by atoms with Crippen LogP contribution in [0.4, 0.5) is 5.82 Å². The lowest BCUT2D eigenvalue weighted by Crippen LogP contribution is -2.32. The Morgan fingerprint density at radius 1 is 1.15 bits per heavy atom. The molecule has 4 aromatic rings. The predicted molar refractivity (Wildman–Crippen MR) is 124 cm³/mol. The maximum absolute atomic E-state index is 11.7. The molecule has 4 aromatic heterocycles. The first kappa shape index (κ1) is 20.4. The van der Waals surface area contributed by atoms with Gasteiger partial charge in [0.25, 0.3) is 0 Å². The number of nitrogens with one attached hydrogen (secondary N) is 1. The van der Waals surface area contributed by atoms with Crippen LogP contribution in [0.3, 0.4) is 0 Å². The molecule has 0 aromatic carbocycles. The molecular weight excluding hydrogens is 438 g/mol. The Balaban J connectivity index is 1.33. The summed E-state index contributed by atoms with van der Waals surface area (Å²) in [6, 6.07) is 3.91. The number of fused-ring (bicyclic) bond motifs is 2. The Labute approximate surface area is 193 Å². The monoisotopic (exact) mass is 463 g/mol. The molecule has 0 spiro atoms. The van der Waals surface area contributed by atoms with Crippen LogP contribution in [0.5, 0.6) is 0 Å². The van der Waals surface area contributed by atoms with E-state index in [9.17, 15) is 4.21 Å². The molecule has 2 atom stereocenters. The van der Waals surface area contributed by atoms with E-state index in [0.717, 1.165) is 59.4 Å². The number of imidazole rings is 1. The first-order valence-electron chi connectivity index (χ1n) is 11.3. The van der Waals surface area contributed by atoms with Crippen molar-refractivity contribution in [3.8, 4) is 11.4 Å². The second-order valence-corrected chi connectivity index (χ2v) is 9.98. The van der Waals surface area contributed by atoms with Gasteiger partial charge in [0.15, 0.2) is 17.0 Å². The van der Waals surface area contributed by atoms with Crippen molar-refractivity contribution >= 4 is 27.8 Å². The summed E-state index contributed by atoms with van der Waals surface area (Å²) in [6.07, 6.45) is 9.23. The zero-order valence-corrected chi connectivity index (χ0v) is 19.4. The van der Waals surface area contributed by atoms with E-state index in [1.54, 1.807) is 24.8 Å². The van der Waals surface area contributed by atoms with Crippen LogP contribution < -0.4 is 5.32 Å². The Morgan fingerprint density at radius 2 is 2.03 bits per heavy atom. The van der Waals surface area contributed by atoms with E-state index < -0.39 is 10.8 Å². The lowest BCUT2D eigenvalue weighted by molar-refractivity contribution is 0.465. The van der Waals surface area contributed by atoms with E-state index in [1.165, 1.54) is 12.8 Å². The van der Waals surface area contributed by atoms with Gasteiger partial charge in [0, 0.05) is 49.5 Å². The summed E-state index contributed by atoms with van der Waals surface area (Å²) >= 11 is 0. The molecule has 0 saturated heterocycles. The number of aryl methyl sites for hydroxylation is 2. The zero-order chi connectivity index (χ0) is 22.5. The minimum absolute atomic E-state index is 0.222. The van der Waals surface area contributed by atoms with Gasteiger partial charge in [0.2, 0.25) is 0 Å². The highest BCUT2D eigenvalue weighted by Gasteiger charge is 2.33. The Kier molecular flexibility index (Phi) is 4.93. The molecule has 1 saturated carbocycles. The van der Waals surface area contributed by atoms with Crippen LogP contribution in [0.2, 0.25) is 0 Å². The van der Waals surface area contributed by atoms with Gasteiger partial charge in [-0.15, -0.1) is 10.2 Å². The van der Waals surface area contributed by atoms with Crippen LogP contribution in [0.1, 0.15) is 43.8 Å². The molecule has 170 valence electrons. The molecular formula is C22H25N9OS. The van der Waals surface area contributed by atoms with E-state index in [2.05, 4.69) is 46.5 Å². The molecule has 33 heavy (non-hydrogen) atoms. The highest BCUT2D eigenvalue weighted by Crippen LogP contribution is 2.40. The molecule has 2 aliphatic rings. The van der Waals surface area contributed by atoms with Crippen molar-refractivity contribution in [3.05, 3.63) is 36.3 Å². The normalized spacial score (nSPS) is 18.9. The van der Waals surface area contributed by atoms with Crippen LogP contribution in [0.15, 0.2) is 29.7 Å². The quantitative estimate of drug-likeness (QED) is 0.464. The average molecular weight is 464 g/mol. The topological polar surface area (TPSA) is 116 Å². The summed E-state index contributed by atoms with van der Waals surface area (Å²) in [6.45, 7) is 3.61. The molecule has 10 nitrogen and oxygen atoms in total. The third kappa shape index (κ3) is 3.60. The SMILES string of the molecule is CCn1c(-c2ccc(S(C)=O)nc2)nc2c(NC3CCc4nnc(C5CC5)n4C3)ncnc21. The highest BCUT2D eigenvalue weighted by molar-refractivity contribution is 7.84. The highest BCUT2D eigenvalue weighted by atomic mass is 32.2. The molecule has 6 rings (SSSR count). The van der Waals surface area contributed by atoms with Crippen LogP contribution in [-0.4, -0.2) is 55.8 Å². The van der Waals surface area contributed by atoms with Gasteiger partial charge in [-0.2, -0.15) is 0 Å². The van der Waals surface area contributed by atoms with Crippen molar-refractivity contribution in [2.45, 2.75) is 62.7 Å². The van der Waals surface area contributed by atoms with Gasteiger partial charge < -0.3 is 14.5 Å². The molecule has 5 heterocycles. The molecule has 1 aliphatic heterocycles. The molecule has 0 bridgehead atoms. The summed E-state index contributed by atoms with van der Waals surface area (Å²) in [5.41, 5.74) is 2.39. The number of aromatic nitrogens is 8. The summed E-state index contributed by atoms with van der Waals surface area (Å²) in [5.74, 6) is 4.30. The Morgan fingerprint density at radius 3 is 2.76 bits per heavy atom. The summed E-state index contributed by atoms with van der Waals surface area (Å²) in [5, 5.41) is 13.0. The molecule has 1 N–H and O–H groups in total. The van der Waals surface area contributed by atoms with Crippen LogP contribution >= 0.6 is 0 Å². The van der Waals surface area contributed by atoms with Gasteiger partial charge in [-0.1, -0.05) is 0 Å². The lowest BCUT2D eigenvalue weighted by atomic mass is 10.1. The second kappa shape index (κ2) is 7.98. The summed E-state index contributed by atoms with van der Waals surface area (Å²) in [7, 11) is -1.12. The van der Waals surface area contributed by atoms with Crippen molar-refractivity contribution in [1.29, 1.82) is 0 Å². The minimum atomic E-state index is -1.12. The zero-order valence-electron chi connectivity index (χ0n) is 18.6. The number of hydrogen-bond donors (Lipinski definition) is 1. The van der Waals surface area contributed by atoms with Crippen molar-refractivity contribution in [2.24, 2.45) is 0 Å². The van der Waals surface area contributed by atoms with E-state index >= 15 is 0 Å². The largest absolute Gasteiger partial charge is 0.364 e. The third-order valence-electron chi connectivity index (χ3n) is 6.40. The van der Waals surface area contributed by atoms with Crippen molar-refractivity contribution < 1.29 is 4.21 Å². The number of anilines is 1. The maximum atomic E-state index is 11.7. The van der Waals surface area contributed by atoms with Crippen LogP contribution in [0, 0.1) is 0 Å². The molecule has 0 amide bonds. The molecule has 0 radical (unpaired) electrons. The number of rotatable bonds is 6. The van der Waals surface area contributed by atoms with Crippen LogP contribution in [-0.2, 0) is 30.3 Å². The standard InChI is InChI=1S/C22H25N9OS/c1-3-30-20(14-6-9-17(23-10-14)33(2)32)27-18-19(24-12-25-22(18)30)26-15-7-8-16-28-29-21(13-4-5-13)31(16)11-15/h6,9-10,12-13,15H,3-5,7-8,11H2,1-2H3,(H,24,25,26). The van der Waals surface area contributed by atoms with E-state index in [-0.39, 0.29) is 6.04 Å². The van der Waals surface area contributed by atoms with E-state index in [4.69, 9.17) is 4.98 Å². The second-order valence-electron chi connectivity index (χ2n) is 8.65. The fourth-order valence-electron chi connectivity index (χ4n) is 4.55. The Bertz CT molecular complexity index is 1360. The van der Waals surface area contributed by atoms with E-state index in [0.29, 0.717) is 17.5 Å². The minimum Gasteiger partial charge on any atom is -0.364 e. The lowest BCUT2D eigenvalue weighted by Gasteiger charge is -2.25. The molecule has 11 heteroatoms. The fourth-order valence-corrected chi connectivity index (χ4v) is 5.01. The van der Waals surface area contributed by atoms with Crippen LogP contribution in [0.25, 0.3) is 22.6 Å². The van der Waals surface area contributed by atoms with Crippen molar-refractivity contribution in [2.75, 3.05) is 11.6 Å². The number of nitrogens with zero attached hydrogens (tertiary/aromatic N) is 8. The molecule has 1 fully saturated rings. The summed E-state index contributed by atoms with van der Waals surface area (Å²) < 4.78 is 16.1. The van der Waals surface area contributed by atoms with Crippen molar-refractivity contribution in [3.63, 3.8) is 0 Å². The molecule has 1 aliphatic carbocycles. The fraction of sp³-hybridized carbons (Fsp3) is 0.455. The maximum Gasteiger partial charge on any atom is 0.165 e. The van der Waals surface area contributed by atoms with Gasteiger partial charge in [-0.05, 0) is 38.3 Å². The van der Waals surface area contributed by atoms with Gasteiger partial charge in [-0.25, -0.2) is 19.9 Å². The summed E-state index contributed by atoms with van der Waals surface area (Å²) in [4.78, 5) is 18.3. The smallest absolute Gasteiger partial charge is 0.165 e. The van der Waals surface area contributed by atoms with Gasteiger partial charge in [-0.3, -0.25) is 4.21 Å². The molecule has 2 unspecified atom stereocenters. The van der Waals surface area contributed by atoms with E-state index in [1.807, 2.05) is 6.07 Å². The predicted octanol–water partition coefficient (Wildman–Crippen LogP) is 2.54. The average Bonchev–Trinajstić information content (AvgIpc) is 3.47. The van der Waals surface area contributed by atoms with Gasteiger partial charge in [0.1, 0.15) is 28.8 Å². The number of hydrogen-bond acceptors (Lipinski definition) is 8. The Hall–Kier alpha value is -3.21. The first-order valence-corrected chi connectivity index (χ1v) is 12.9. The van der Waals surface area contributed by atoms with Gasteiger partial charge >= 0.3 is 0 Å².